The van der Waals surface area contributed by atoms with E-state index < -0.39 is 6.09 Å². The van der Waals surface area contributed by atoms with Crippen molar-refractivity contribution in [3.8, 4) is 0 Å². The maximum Gasteiger partial charge on any atom is 0.407 e. The molecule has 1 heterocycles. The highest BCUT2D eigenvalue weighted by molar-refractivity contribution is 9.09. The maximum absolute atomic E-state index is 13.1. The first-order valence-corrected chi connectivity index (χ1v) is 10.8. The fourth-order valence-corrected chi connectivity index (χ4v) is 4.94. The van der Waals surface area contributed by atoms with E-state index in [0.717, 1.165) is 35.3 Å². The van der Waals surface area contributed by atoms with Crippen LogP contribution in [0.4, 0.5) is 16.2 Å². The number of hydrogen-bond acceptors (Lipinski definition) is 4. The molecule has 0 radical (unpaired) electrons. The van der Waals surface area contributed by atoms with E-state index in [1.807, 2.05) is 30.3 Å². The molecule has 0 fully saturated rings. The van der Waals surface area contributed by atoms with E-state index in [-0.39, 0.29) is 29.0 Å². The summed E-state index contributed by atoms with van der Waals surface area (Å²) >= 11 is 3.37. The van der Waals surface area contributed by atoms with Gasteiger partial charge in [-0.05, 0) is 48.6 Å². The molecule has 146 valence electrons. The van der Waals surface area contributed by atoms with Gasteiger partial charge in [-0.2, -0.15) is 0 Å². The lowest BCUT2D eigenvalue weighted by molar-refractivity contribution is -0.118. The Balaban J connectivity index is 1.88. The number of carbonyl (C=O) groups is 2. The number of para-hydroxylation sites is 1. The first-order valence-electron chi connectivity index (χ1n) is 9.63. The van der Waals surface area contributed by atoms with Gasteiger partial charge in [-0.15, -0.1) is 0 Å². The average molecular weight is 443 g/mol. The van der Waals surface area contributed by atoms with Gasteiger partial charge in [0.1, 0.15) is 0 Å². The van der Waals surface area contributed by atoms with Gasteiger partial charge in [-0.3, -0.25) is 4.79 Å². The smallest absolute Gasteiger partial charge is 0.407 e. The largest absolute Gasteiger partial charge is 0.450 e. The van der Waals surface area contributed by atoms with Gasteiger partial charge in [-0.1, -0.05) is 46.3 Å². The number of halogens is 1. The minimum Gasteiger partial charge on any atom is -0.450 e. The number of ether oxygens (including phenoxy) is 1. The van der Waals surface area contributed by atoms with Crippen LogP contribution in [0.15, 0.2) is 42.5 Å². The Hall–Kier alpha value is -2.34. The summed E-state index contributed by atoms with van der Waals surface area (Å²) in [7, 11) is 0. The first-order chi connectivity index (χ1) is 13.6. The Morgan fingerprint density at radius 1 is 1.18 bits per heavy atom. The molecule has 1 unspecified atom stereocenters. The topological polar surface area (TPSA) is 67.4 Å². The normalized spacial score (nSPS) is 22.1. The summed E-state index contributed by atoms with van der Waals surface area (Å²) in [6, 6.07) is 14.0. The highest BCUT2D eigenvalue weighted by Crippen LogP contribution is 2.50. The van der Waals surface area contributed by atoms with E-state index >= 15 is 0 Å². The van der Waals surface area contributed by atoms with Crippen molar-refractivity contribution >= 4 is 39.2 Å². The number of benzene rings is 2. The van der Waals surface area contributed by atoms with Crippen LogP contribution in [0.3, 0.4) is 0 Å². The molecule has 2 N–H and O–H groups in total. The molecule has 5 nitrogen and oxygen atoms in total. The van der Waals surface area contributed by atoms with Gasteiger partial charge in [0.2, 0.25) is 0 Å². The van der Waals surface area contributed by atoms with Crippen molar-refractivity contribution in [1.82, 2.24) is 5.32 Å². The van der Waals surface area contributed by atoms with Crippen LogP contribution in [0.25, 0.3) is 0 Å². The molecule has 0 saturated heterocycles. The van der Waals surface area contributed by atoms with E-state index in [0.29, 0.717) is 6.61 Å². The summed E-state index contributed by atoms with van der Waals surface area (Å²) in [6.45, 7) is 2.11. The third-order valence-corrected chi connectivity index (χ3v) is 6.22. The zero-order valence-electron chi connectivity index (χ0n) is 15.7. The molecule has 1 amide bonds. The summed E-state index contributed by atoms with van der Waals surface area (Å²) < 4.78 is 5.14. The van der Waals surface area contributed by atoms with Crippen LogP contribution in [0.2, 0.25) is 0 Å². The third-order valence-electron chi connectivity index (χ3n) is 5.67. The number of anilines is 2. The highest BCUT2D eigenvalue weighted by Gasteiger charge is 2.43. The molecular formula is C22H23BrN2O3. The number of aryl methyl sites for hydroxylation is 1. The number of amides is 1. The first kappa shape index (κ1) is 19.0. The SMILES string of the molecule is CCOC(=O)N[C@H]1CCc2cccc3c2[C@H]1C(C(=O)CBr)c1ccccc1N3. The Morgan fingerprint density at radius 3 is 2.75 bits per heavy atom. The second-order valence-corrected chi connectivity index (χ2v) is 7.76. The van der Waals surface area contributed by atoms with Gasteiger partial charge in [-0.25, -0.2) is 4.79 Å². The van der Waals surface area contributed by atoms with Crippen LogP contribution in [0.5, 0.6) is 0 Å². The molecule has 1 aliphatic carbocycles. The Bertz CT molecular complexity index is 914. The van der Waals surface area contributed by atoms with Crippen LogP contribution in [0.1, 0.15) is 41.9 Å². The lowest BCUT2D eigenvalue weighted by atomic mass is 9.69. The molecule has 2 aromatic carbocycles. The highest BCUT2D eigenvalue weighted by atomic mass is 79.9. The molecule has 2 aliphatic rings. The van der Waals surface area contributed by atoms with E-state index in [1.165, 1.54) is 5.56 Å². The predicted octanol–water partition coefficient (Wildman–Crippen LogP) is 4.64. The lowest BCUT2D eigenvalue weighted by Gasteiger charge is -2.38. The van der Waals surface area contributed by atoms with E-state index in [9.17, 15) is 9.59 Å². The Morgan fingerprint density at radius 2 is 1.96 bits per heavy atom. The van der Waals surface area contributed by atoms with Crippen molar-refractivity contribution in [2.45, 2.75) is 37.6 Å². The second-order valence-electron chi connectivity index (χ2n) is 7.20. The third kappa shape index (κ3) is 3.30. The van der Waals surface area contributed by atoms with E-state index in [4.69, 9.17) is 4.74 Å². The van der Waals surface area contributed by atoms with Crippen molar-refractivity contribution in [2.75, 3.05) is 17.3 Å². The summed E-state index contributed by atoms with van der Waals surface area (Å²) in [5.41, 5.74) is 5.29. The van der Waals surface area contributed by atoms with Crippen LogP contribution in [-0.4, -0.2) is 29.9 Å². The minimum absolute atomic E-state index is 0.111. The summed E-state index contributed by atoms with van der Waals surface area (Å²) in [6.07, 6.45) is 1.20. The van der Waals surface area contributed by atoms with Crippen LogP contribution < -0.4 is 10.6 Å². The fourth-order valence-electron chi connectivity index (χ4n) is 4.59. The molecule has 0 saturated carbocycles. The fraction of sp³-hybridized carbons (Fsp3) is 0.364. The molecule has 4 rings (SSSR count). The van der Waals surface area contributed by atoms with Gasteiger partial charge in [0.05, 0.1) is 17.9 Å². The minimum atomic E-state index is -0.427. The van der Waals surface area contributed by atoms with Crippen LogP contribution in [-0.2, 0) is 16.0 Å². The van der Waals surface area contributed by atoms with Gasteiger partial charge in [0, 0.05) is 23.3 Å². The predicted molar refractivity (Wildman–Crippen MR) is 113 cm³/mol. The molecule has 28 heavy (non-hydrogen) atoms. The molecule has 0 aromatic heterocycles. The van der Waals surface area contributed by atoms with Crippen LogP contribution >= 0.6 is 15.9 Å². The number of rotatable bonds is 4. The van der Waals surface area contributed by atoms with Crippen molar-refractivity contribution in [3.63, 3.8) is 0 Å². The van der Waals surface area contributed by atoms with E-state index in [1.54, 1.807) is 6.92 Å². The van der Waals surface area contributed by atoms with Gasteiger partial charge >= 0.3 is 6.09 Å². The molecule has 3 atom stereocenters. The second kappa shape index (κ2) is 7.95. The number of ketones is 1. The Labute approximate surface area is 173 Å². The molecule has 0 spiro atoms. The van der Waals surface area contributed by atoms with Gasteiger partial charge in [0.25, 0.3) is 0 Å². The van der Waals surface area contributed by atoms with Crippen molar-refractivity contribution in [2.24, 2.45) is 0 Å². The molecule has 1 aliphatic heterocycles. The summed E-state index contributed by atoms with van der Waals surface area (Å²) in [5, 5.41) is 6.84. The molecule has 6 heteroatoms. The standard InChI is InChI=1S/C22H23BrN2O3/c1-2-28-22(27)25-17-11-10-13-6-5-9-16-19(13)21(17)20(18(26)12-23)14-7-3-4-8-15(14)24-16/h3-9,17,20-21,24H,2,10-12H2,1H3,(H,25,27)/t17-,20?,21-/m0/s1. The lowest BCUT2D eigenvalue weighted by Crippen LogP contribution is -2.45. The summed E-state index contributed by atoms with van der Waals surface area (Å²) in [5.74, 6) is -0.386. The maximum atomic E-state index is 13.1. The van der Waals surface area contributed by atoms with Crippen LogP contribution in [0, 0.1) is 0 Å². The number of hydrogen-bond donors (Lipinski definition) is 2. The number of nitrogens with one attached hydrogen (secondary N) is 2. The average Bonchev–Trinajstić information content (AvgIpc) is 2.85. The number of fused-ring (bicyclic) bond motifs is 1. The Kier molecular flexibility index (Phi) is 5.40. The van der Waals surface area contributed by atoms with Crippen molar-refractivity contribution in [3.05, 3.63) is 59.2 Å². The van der Waals surface area contributed by atoms with E-state index in [2.05, 4.69) is 38.7 Å². The molecule has 2 aromatic rings. The van der Waals surface area contributed by atoms with Crippen molar-refractivity contribution in [1.29, 1.82) is 0 Å². The number of alkyl halides is 1. The number of Topliss-reactive ketones (excluding diaryl/α,β-unsaturated/α-hetero) is 1. The molecular weight excluding hydrogens is 420 g/mol. The number of alkyl carbamates (subject to hydrolysis) is 1. The quantitative estimate of drug-likeness (QED) is 0.676. The monoisotopic (exact) mass is 442 g/mol. The number of carbonyl (C=O) groups excluding carboxylic acids is 2. The zero-order chi connectivity index (χ0) is 19.7. The zero-order valence-corrected chi connectivity index (χ0v) is 17.3. The van der Waals surface area contributed by atoms with Gasteiger partial charge in [0.15, 0.2) is 5.78 Å². The van der Waals surface area contributed by atoms with Gasteiger partial charge < -0.3 is 15.4 Å². The summed E-state index contributed by atoms with van der Waals surface area (Å²) in [4.78, 5) is 25.4. The van der Waals surface area contributed by atoms with Crippen molar-refractivity contribution < 1.29 is 14.3 Å². The molecule has 0 bridgehead atoms.